The van der Waals surface area contributed by atoms with Gasteiger partial charge in [0, 0.05) is 29.6 Å². The van der Waals surface area contributed by atoms with Crippen molar-refractivity contribution in [2.24, 2.45) is 5.92 Å². The second kappa shape index (κ2) is 8.30. The third-order valence-electron chi connectivity index (χ3n) is 3.91. The van der Waals surface area contributed by atoms with Crippen molar-refractivity contribution in [2.45, 2.75) is 17.7 Å². The zero-order chi connectivity index (χ0) is 16.8. The van der Waals surface area contributed by atoms with Gasteiger partial charge in [0.25, 0.3) is 0 Å². The summed E-state index contributed by atoms with van der Waals surface area (Å²) in [7, 11) is 0. The maximum Gasteiger partial charge on any atom is 0.232 e. The number of thiazole rings is 1. The monoisotopic (exact) mass is 361 g/mol. The lowest BCUT2D eigenvalue weighted by molar-refractivity contribution is -0.132. The van der Waals surface area contributed by atoms with E-state index in [1.807, 2.05) is 40.6 Å². The van der Waals surface area contributed by atoms with Crippen molar-refractivity contribution in [1.29, 1.82) is 0 Å². The number of carbonyl (C=O) groups excluding carboxylic acids is 2. The normalized spacial score (nSPS) is 17.5. The summed E-state index contributed by atoms with van der Waals surface area (Å²) in [5.74, 6) is 0.298. The number of nitrogens with zero attached hydrogens (tertiary/aromatic N) is 2. The lowest BCUT2D eigenvalue weighted by atomic mass is 9.97. The van der Waals surface area contributed by atoms with E-state index in [4.69, 9.17) is 0 Å². The first-order chi connectivity index (χ1) is 11.7. The zero-order valence-corrected chi connectivity index (χ0v) is 14.8. The number of rotatable bonds is 5. The van der Waals surface area contributed by atoms with E-state index in [1.54, 1.807) is 6.20 Å². The van der Waals surface area contributed by atoms with E-state index in [1.165, 1.54) is 23.1 Å². The summed E-state index contributed by atoms with van der Waals surface area (Å²) in [5.41, 5.74) is 0. The quantitative estimate of drug-likeness (QED) is 0.831. The Kier molecular flexibility index (Phi) is 5.87. The first-order valence-electron chi connectivity index (χ1n) is 7.88. The van der Waals surface area contributed by atoms with Gasteiger partial charge in [-0.15, -0.1) is 23.1 Å². The minimum absolute atomic E-state index is 0.0434. The Bertz CT molecular complexity index is 676. The molecule has 1 aliphatic rings. The molecule has 24 heavy (non-hydrogen) atoms. The first-order valence-corrected chi connectivity index (χ1v) is 9.75. The SMILES string of the molecule is O=C(Nc1nccs1)C1CCCN(C(=O)CSc2ccccc2)C1. The minimum Gasteiger partial charge on any atom is -0.341 e. The molecule has 2 aromatic rings. The van der Waals surface area contributed by atoms with Crippen molar-refractivity contribution in [3.63, 3.8) is 0 Å². The minimum atomic E-state index is -0.159. The maximum atomic E-state index is 12.4. The molecule has 0 spiro atoms. The zero-order valence-electron chi connectivity index (χ0n) is 13.2. The molecule has 1 aromatic carbocycles. The van der Waals surface area contributed by atoms with Crippen molar-refractivity contribution in [2.75, 3.05) is 24.2 Å². The standard InChI is InChI=1S/C17H19N3O2S2/c21-15(12-24-14-6-2-1-3-7-14)20-9-4-5-13(11-20)16(22)19-17-18-8-10-23-17/h1-3,6-8,10,13H,4-5,9,11-12H2,(H,18,19,22). The van der Waals surface area contributed by atoms with E-state index in [0.717, 1.165) is 24.3 Å². The number of aromatic nitrogens is 1. The topological polar surface area (TPSA) is 62.3 Å². The summed E-state index contributed by atoms with van der Waals surface area (Å²) in [6.07, 6.45) is 3.34. The molecule has 0 aliphatic carbocycles. The molecule has 1 N–H and O–H groups in total. The van der Waals surface area contributed by atoms with Crippen molar-refractivity contribution >= 4 is 40.0 Å². The number of piperidine rings is 1. The second-order valence-electron chi connectivity index (χ2n) is 5.61. The number of hydrogen-bond acceptors (Lipinski definition) is 5. The molecule has 1 fully saturated rings. The fourth-order valence-corrected chi connectivity index (χ4v) is 4.02. The van der Waals surface area contributed by atoms with Gasteiger partial charge < -0.3 is 10.2 Å². The lowest BCUT2D eigenvalue weighted by Crippen LogP contribution is -2.44. The summed E-state index contributed by atoms with van der Waals surface area (Å²) in [4.78, 5) is 31.7. The predicted octanol–water partition coefficient (Wildman–Crippen LogP) is 3.11. The van der Waals surface area contributed by atoms with E-state index in [0.29, 0.717) is 17.4 Å². The highest BCUT2D eigenvalue weighted by atomic mass is 32.2. The molecule has 3 rings (SSSR count). The van der Waals surface area contributed by atoms with Crippen LogP contribution in [0, 0.1) is 5.92 Å². The summed E-state index contributed by atoms with van der Waals surface area (Å²) < 4.78 is 0. The Labute approximate surface area is 149 Å². The van der Waals surface area contributed by atoms with Crippen LogP contribution in [0.3, 0.4) is 0 Å². The molecule has 0 saturated carbocycles. The molecule has 2 amide bonds. The Morgan fingerprint density at radius 3 is 2.92 bits per heavy atom. The Hall–Kier alpha value is -1.86. The number of nitrogens with one attached hydrogen (secondary N) is 1. The number of benzene rings is 1. The van der Waals surface area contributed by atoms with Crippen LogP contribution < -0.4 is 5.32 Å². The maximum absolute atomic E-state index is 12.4. The number of thioether (sulfide) groups is 1. The molecule has 1 aliphatic heterocycles. The highest BCUT2D eigenvalue weighted by Gasteiger charge is 2.28. The molecule has 0 radical (unpaired) electrons. The van der Waals surface area contributed by atoms with Gasteiger partial charge in [0.2, 0.25) is 11.8 Å². The van der Waals surface area contributed by atoms with Crippen LogP contribution in [0.25, 0.3) is 0 Å². The first kappa shape index (κ1) is 17.0. The summed E-state index contributed by atoms with van der Waals surface area (Å²) >= 11 is 2.94. The van der Waals surface area contributed by atoms with Crippen molar-refractivity contribution in [3.05, 3.63) is 41.9 Å². The highest BCUT2D eigenvalue weighted by molar-refractivity contribution is 8.00. The van der Waals surface area contributed by atoms with Crippen molar-refractivity contribution in [1.82, 2.24) is 9.88 Å². The molecule has 7 heteroatoms. The average molecular weight is 361 g/mol. The van der Waals surface area contributed by atoms with Gasteiger partial charge in [-0.25, -0.2) is 4.98 Å². The van der Waals surface area contributed by atoms with Gasteiger partial charge in [0.1, 0.15) is 0 Å². The number of carbonyl (C=O) groups is 2. The third-order valence-corrected chi connectivity index (χ3v) is 5.60. The average Bonchev–Trinajstić information content (AvgIpc) is 3.13. The fraction of sp³-hybridized carbons (Fsp3) is 0.353. The molecule has 1 saturated heterocycles. The molecule has 0 bridgehead atoms. The molecule has 1 unspecified atom stereocenters. The van der Waals surface area contributed by atoms with E-state index < -0.39 is 0 Å². The summed E-state index contributed by atoms with van der Waals surface area (Å²) in [6, 6.07) is 9.89. The third kappa shape index (κ3) is 4.58. The Balaban J connectivity index is 1.51. The largest absolute Gasteiger partial charge is 0.341 e. The van der Waals surface area contributed by atoms with Crippen LogP contribution in [0.15, 0.2) is 46.8 Å². The van der Waals surface area contributed by atoms with Crippen LogP contribution in [-0.4, -0.2) is 40.5 Å². The van der Waals surface area contributed by atoms with Crippen molar-refractivity contribution < 1.29 is 9.59 Å². The van der Waals surface area contributed by atoms with Gasteiger partial charge in [-0.05, 0) is 25.0 Å². The molecular weight excluding hydrogens is 342 g/mol. The van der Waals surface area contributed by atoms with Crippen molar-refractivity contribution in [3.8, 4) is 0 Å². The van der Waals surface area contributed by atoms with Crippen LogP contribution in [-0.2, 0) is 9.59 Å². The van der Waals surface area contributed by atoms with E-state index in [2.05, 4.69) is 10.3 Å². The fourth-order valence-electron chi connectivity index (χ4n) is 2.66. The predicted molar refractivity (Wildman–Crippen MR) is 97.2 cm³/mol. The van der Waals surface area contributed by atoms with E-state index >= 15 is 0 Å². The molecule has 2 heterocycles. The van der Waals surface area contributed by atoms with Gasteiger partial charge in [-0.3, -0.25) is 9.59 Å². The smallest absolute Gasteiger partial charge is 0.232 e. The number of likely N-dealkylation sites (tertiary alicyclic amines) is 1. The van der Waals surface area contributed by atoms with Gasteiger partial charge in [-0.1, -0.05) is 18.2 Å². The van der Waals surface area contributed by atoms with Gasteiger partial charge in [0.15, 0.2) is 5.13 Å². The molecular formula is C17H19N3O2S2. The molecule has 5 nitrogen and oxygen atoms in total. The van der Waals surface area contributed by atoms with Crippen LogP contribution in [0.1, 0.15) is 12.8 Å². The lowest BCUT2D eigenvalue weighted by Gasteiger charge is -2.31. The molecule has 126 valence electrons. The van der Waals surface area contributed by atoms with Gasteiger partial charge in [-0.2, -0.15) is 0 Å². The Morgan fingerprint density at radius 2 is 2.17 bits per heavy atom. The van der Waals surface area contributed by atoms with Gasteiger partial charge in [0.05, 0.1) is 11.7 Å². The number of hydrogen-bond donors (Lipinski definition) is 1. The van der Waals surface area contributed by atoms with E-state index in [-0.39, 0.29) is 17.7 Å². The molecule has 1 atom stereocenters. The van der Waals surface area contributed by atoms with Crippen LogP contribution in [0.4, 0.5) is 5.13 Å². The summed E-state index contributed by atoms with van der Waals surface area (Å²) in [6.45, 7) is 1.22. The second-order valence-corrected chi connectivity index (χ2v) is 7.55. The number of amides is 2. The number of anilines is 1. The van der Waals surface area contributed by atoms with Crippen LogP contribution in [0.2, 0.25) is 0 Å². The highest BCUT2D eigenvalue weighted by Crippen LogP contribution is 2.22. The van der Waals surface area contributed by atoms with Gasteiger partial charge >= 0.3 is 0 Å². The summed E-state index contributed by atoms with van der Waals surface area (Å²) in [5, 5.41) is 5.27. The van der Waals surface area contributed by atoms with Crippen LogP contribution in [0.5, 0.6) is 0 Å². The molecule has 1 aromatic heterocycles. The van der Waals surface area contributed by atoms with Crippen LogP contribution >= 0.6 is 23.1 Å². The van der Waals surface area contributed by atoms with E-state index in [9.17, 15) is 9.59 Å². The Morgan fingerprint density at radius 1 is 1.33 bits per heavy atom.